The molecule has 0 fully saturated rings. The number of methoxy groups -OCH3 is 1. The van der Waals surface area contributed by atoms with E-state index < -0.39 is 0 Å². The van der Waals surface area contributed by atoms with Crippen LogP contribution in [0.5, 0.6) is 5.75 Å². The minimum absolute atomic E-state index is 0.180. The predicted molar refractivity (Wildman–Crippen MR) is 121 cm³/mol. The number of carbonyl (C=O) groups excluding carboxylic acids is 1. The maximum absolute atomic E-state index is 12.6. The van der Waals surface area contributed by atoms with Crippen molar-refractivity contribution in [3.8, 4) is 5.75 Å². The first-order valence-corrected chi connectivity index (χ1v) is 11.1. The van der Waals surface area contributed by atoms with E-state index in [0.717, 1.165) is 10.7 Å². The summed E-state index contributed by atoms with van der Waals surface area (Å²) in [5.41, 5.74) is 1.60. The van der Waals surface area contributed by atoms with Crippen molar-refractivity contribution in [1.29, 1.82) is 0 Å². The number of nitrogens with one attached hydrogen (secondary N) is 1. The van der Waals surface area contributed by atoms with Crippen LogP contribution in [0.4, 0.5) is 0 Å². The average Bonchev–Trinajstić information content (AvgIpc) is 3.17. The molecule has 3 aromatic rings. The predicted octanol–water partition coefficient (Wildman–Crippen LogP) is 5.40. The first-order valence-electron chi connectivity index (χ1n) is 9.37. The van der Waals surface area contributed by atoms with E-state index in [-0.39, 0.29) is 11.9 Å². The second kappa shape index (κ2) is 10.2. The summed E-state index contributed by atoms with van der Waals surface area (Å²) in [5, 5.41) is 13.5. The third-order valence-electron chi connectivity index (χ3n) is 4.50. The Morgan fingerprint density at radius 2 is 1.90 bits per heavy atom. The Labute approximate surface area is 189 Å². The van der Waals surface area contributed by atoms with Crippen LogP contribution in [0.25, 0.3) is 0 Å². The lowest BCUT2D eigenvalue weighted by molar-refractivity contribution is 0.0937. The summed E-state index contributed by atoms with van der Waals surface area (Å²) >= 11 is 13.6. The van der Waals surface area contributed by atoms with E-state index in [2.05, 4.69) is 15.5 Å². The van der Waals surface area contributed by atoms with Crippen LogP contribution >= 0.6 is 35.0 Å². The van der Waals surface area contributed by atoms with Crippen molar-refractivity contribution < 1.29 is 9.53 Å². The monoisotopic (exact) mass is 464 g/mol. The Kier molecular flexibility index (Phi) is 7.64. The highest BCUT2D eigenvalue weighted by molar-refractivity contribution is 7.98. The van der Waals surface area contributed by atoms with Gasteiger partial charge in [-0.05, 0) is 55.8 Å². The highest BCUT2D eigenvalue weighted by Crippen LogP contribution is 2.28. The molecule has 0 saturated heterocycles. The van der Waals surface area contributed by atoms with Crippen LogP contribution in [0.15, 0.2) is 47.6 Å². The van der Waals surface area contributed by atoms with Crippen LogP contribution < -0.4 is 10.1 Å². The largest absolute Gasteiger partial charge is 0.497 e. The van der Waals surface area contributed by atoms with Gasteiger partial charge in [0.05, 0.1) is 23.2 Å². The molecular formula is C21H22Cl2N4O2S. The first-order chi connectivity index (χ1) is 14.4. The molecule has 0 bridgehead atoms. The molecule has 0 unspecified atom stereocenters. The van der Waals surface area contributed by atoms with E-state index in [4.69, 9.17) is 27.9 Å². The van der Waals surface area contributed by atoms with Crippen LogP contribution in [0, 0.1) is 0 Å². The third-order valence-corrected chi connectivity index (χ3v) is 6.28. The second-order valence-electron chi connectivity index (χ2n) is 6.55. The van der Waals surface area contributed by atoms with E-state index >= 15 is 0 Å². The molecule has 1 atom stereocenters. The minimum atomic E-state index is -0.300. The third kappa shape index (κ3) is 5.28. The molecular weight excluding hydrogens is 443 g/mol. The number of halogens is 2. The lowest BCUT2D eigenvalue weighted by atomic mass is 10.2. The molecule has 30 heavy (non-hydrogen) atoms. The molecule has 1 aromatic heterocycles. The number of carbonyl (C=O) groups is 1. The van der Waals surface area contributed by atoms with E-state index in [1.165, 1.54) is 0 Å². The van der Waals surface area contributed by atoms with Gasteiger partial charge in [-0.25, -0.2) is 0 Å². The maximum Gasteiger partial charge on any atom is 0.251 e. The molecule has 1 N–H and O–H groups in total. The van der Waals surface area contributed by atoms with Gasteiger partial charge in [0, 0.05) is 17.9 Å². The molecule has 1 heterocycles. The van der Waals surface area contributed by atoms with Gasteiger partial charge in [0.25, 0.3) is 5.91 Å². The molecule has 3 rings (SSSR count). The summed E-state index contributed by atoms with van der Waals surface area (Å²) in [4.78, 5) is 12.6. The first kappa shape index (κ1) is 22.5. The number of nitrogens with zero attached hydrogens (tertiary/aromatic N) is 3. The van der Waals surface area contributed by atoms with Crippen LogP contribution in [0.1, 0.15) is 41.6 Å². The van der Waals surface area contributed by atoms with Gasteiger partial charge >= 0.3 is 0 Å². The zero-order chi connectivity index (χ0) is 21.7. The molecule has 0 spiro atoms. The van der Waals surface area contributed by atoms with Gasteiger partial charge in [-0.1, -0.05) is 41.0 Å². The number of hydrogen-bond acceptors (Lipinski definition) is 5. The zero-order valence-electron chi connectivity index (χ0n) is 16.9. The Balaban J connectivity index is 1.68. The molecule has 9 heteroatoms. The number of ether oxygens (including phenoxy) is 1. The molecule has 6 nitrogen and oxygen atoms in total. The lowest BCUT2D eigenvalue weighted by Gasteiger charge is -2.15. The molecule has 0 saturated carbocycles. The highest BCUT2D eigenvalue weighted by atomic mass is 35.5. The van der Waals surface area contributed by atoms with Gasteiger partial charge in [-0.2, -0.15) is 0 Å². The molecule has 0 aliphatic rings. The number of rotatable bonds is 8. The van der Waals surface area contributed by atoms with E-state index in [1.54, 1.807) is 49.2 Å². The van der Waals surface area contributed by atoms with Crippen LogP contribution in [-0.2, 0) is 12.3 Å². The van der Waals surface area contributed by atoms with Gasteiger partial charge < -0.3 is 14.6 Å². The fourth-order valence-electron chi connectivity index (χ4n) is 2.89. The molecule has 0 aliphatic heterocycles. The average molecular weight is 465 g/mol. The fourth-order valence-corrected chi connectivity index (χ4v) is 4.16. The number of aromatic nitrogens is 3. The Morgan fingerprint density at radius 3 is 2.53 bits per heavy atom. The topological polar surface area (TPSA) is 69.0 Å². The molecule has 0 radical (unpaired) electrons. The summed E-state index contributed by atoms with van der Waals surface area (Å²) in [7, 11) is 1.59. The summed E-state index contributed by atoms with van der Waals surface area (Å²) in [6.07, 6.45) is 0. The number of amides is 1. The standard InChI is InChI=1S/C21H22Cl2N4O2S/c1-4-27-19(13(2)24-20(28)15-6-8-16(29-3)9-7-15)25-26-21(27)30-12-14-5-10-17(22)18(23)11-14/h5-11,13H,4,12H2,1-3H3,(H,24,28)/t13-/m1/s1. The van der Waals surface area contributed by atoms with E-state index in [0.29, 0.717) is 39.5 Å². The van der Waals surface area contributed by atoms with Crippen molar-refractivity contribution in [3.05, 3.63) is 69.5 Å². The van der Waals surface area contributed by atoms with Gasteiger partial charge in [-0.3, -0.25) is 4.79 Å². The summed E-state index contributed by atoms with van der Waals surface area (Å²) in [6.45, 7) is 4.61. The van der Waals surface area contributed by atoms with Crippen molar-refractivity contribution >= 4 is 40.9 Å². The number of hydrogen-bond donors (Lipinski definition) is 1. The summed E-state index contributed by atoms with van der Waals surface area (Å²) < 4.78 is 7.13. The highest BCUT2D eigenvalue weighted by Gasteiger charge is 2.19. The number of benzene rings is 2. The van der Waals surface area contributed by atoms with Crippen molar-refractivity contribution in [1.82, 2.24) is 20.1 Å². The fraction of sp³-hybridized carbons (Fsp3) is 0.286. The van der Waals surface area contributed by atoms with Crippen molar-refractivity contribution in [2.75, 3.05) is 7.11 Å². The van der Waals surface area contributed by atoms with Gasteiger partial charge in [0.2, 0.25) is 0 Å². The summed E-state index contributed by atoms with van der Waals surface area (Å²) in [6, 6.07) is 12.2. The van der Waals surface area contributed by atoms with E-state index in [1.807, 2.05) is 30.5 Å². The van der Waals surface area contributed by atoms with Crippen LogP contribution in [0.3, 0.4) is 0 Å². The quantitative estimate of drug-likeness (QED) is 0.452. The van der Waals surface area contributed by atoms with Gasteiger partial charge in [-0.15, -0.1) is 10.2 Å². The summed E-state index contributed by atoms with van der Waals surface area (Å²) in [5.74, 6) is 1.91. The lowest BCUT2D eigenvalue weighted by Crippen LogP contribution is -2.28. The van der Waals surface area contributed by atoms with Gasteiger partial charge in [0.15, 0.2) is 11.0 Å². The minimum Gasteiger partial charge on any atom is -0.497 e. The normalized spacial score (nSPS) is 11.9. The Bertz CT molecular complexity index is 1020. The molecule has 158 valence electrons. The molecule has 0 aliphatic carbocycles. The van der Waals surface area contributed by atoms with Crippen LogP contribution in [-0.4, -0.2) is 27.8 Å². The Hall–Kier alpha value is -2.22. The second-order valence-corrected chi connectivity index (χ2v) is 8.30. The van der Waals surface area contributed by atoms with Crippen molar-refractivity contribution in [2.24, 2.45) is 0 Å². The van der Waals surface area contributed by atoms with Crippen LogP contribution in [0.2, 0.25) is 10.0 Å². The van der Waals surface area contributed by atoms with Crippen molar-refractivity contribution in [2.45, 2.75) is 37.3 Å². The van der Waals surface area contributed by atoms with Gasteiger partial charge in [0.1, 0.15) is 5.75 Å². The van der Waals surface area contributed by atoms with Crippen molar-refractivity contribution in [3.63, 3.8) is 0 Å². The maximum atomic E-state index is 12.6. The Morgan fingerprint density at radius 1 is 1.17 bits per heavy atom. The molecule has 1 amide bonds. The smallest absolute Gasteiger partial charge is 0.251 e. The molecule has 2 aromatic carbocycles. The van der Waals surface area contributed by atoms with E-state index in [9.17, 15) is 4.79 Å². The SMILES string of the molecule is CCn1c(SCc2ccc(Cl)c(Cl)c2)nnc1[C@@H](C)NC(=O)c1ccc(OC)cc1. The number of thioether (sulfide) groups is 1. The zero-order valence-corrected chi connectivity index (χ0v) is 19.2.